The summed E-state index contributed by atoms with van der Waals surface area (Å²) < 4.78 is 0. The molecule has 1 aromatic heterocycles. The van der Waals surface area contributed by atoms with Gasteiger partial charge < -0.3 is 10.2 Å². The van der Waals surface area contributed by atoms with E-state index < -0.39 is 0 Å². The Labute approximate surface area is 142 Å². The van der Waals surface area contributed by atoms with E-state index in [0.717, 1.165) is 36.7 Å². The molecule has 6 nitrogen and oxygen atoms in total. The molecular formula is C18H25N5O. The molecule has 1 amide bonds. The van der Waals surface area contributed by atoms with E-state index in [2.05, 4.69) is 25.4 Å². The van der Waals surface area contributed by atoms with Crippen molar-refractivity contribution in [1.82, 2.24) is 20.1 Å². The van der Waals surface area contributed by atoms with Crippen LogP contribution in [0, 0.1) is 12.8 Å². The van der Waals surface area contributed by atoms with Crippen LogP contribution in [0.1, 0.15) is 32.0 Å². The number of hydrogen-bond donors (Lipinski definition) is 2. The number of piperidine rings is 1. The van der Waals surface area contributed by atoms with Crippen LogP contribution in [0.15, 0.2) is 24.3 Å². The van der Waals surface area contributed by atoms with Crippen LogP contribution in [0.2, 0.25) is 0 Å². The van der Waals surface area contributed by atoms with Crippen molar-refractivity contribution in [3.05, 3.63) is 30.1 Å². The van der Waals surface area contributed by atoms with Gasteiger partial charge in [-0.05, 0) is 57.1 Å². The second kappa shape index (κ2) is 7.57. The van der Waals surface area contributed by atoms with Crippen LogP contribution in [0.25, 0.3) is 11.4 Å². The first-order valence-electron chi connectivity index (χ1n) is 8.64. The molecule has 1 fully saturated rings. The lowest BCUT2D eigenvalue weighted by molar-refractivity contribution is -0.120. The van der Waals surface area contributed by atoms with E-state index >= 15 is 0 Å². The normalized spacial score (nSPS) is 16.8. The molecule has 1 aromatic carbocycles. The van der Waals surface area contributed by atoms with Crippen molar-refractivity contribution in [2.24, 2.45) is 5.92 Å². The summed E-state index contributed by atoms with van der Waals surface area (Å²) in [6, 6.07) is 7.64. The van der Waals surface area contributed by atoms with Gasteiger partial charge in [-0.25, -0.2) is 4.98 Å². The van der Waals surface area contributed by atoms with Crippen LogP contribution in [0.4, 0.5) is 5.69 Å². The van der Waals surface area contributed by atoms with E-state index in [-0.39, 0.29) is 11.8 Å². The number of aromatic amines is 1. The van der Waals surface area contributed by atoms with Crippen molar-refractivity contribution >= 4 is 11.6 Å². The van der Waals surface area contributed by atoms with Crippen molar-refractivity contribution in [1.29, 1.82) is 0 Å². The number of H-pyrrole nitrogens is 1. The third-order valence-corrected chi connectivity index (χ3v) is 4.44. The zero-order valence-electron chi connectivity index (χ0n) is 14.4. The lowest BCUT2D eigenvalue weighted by Crippen LogP contribution is -2.37. The summed E-state index contributed by atoms with van der Waals surface area (Å²) >= 11 is 0. The maximum atomic E-state index is 12.4. The maximum Gasteiger partial charge on any atom is 0.228 e. The molecular weight excluding hydrogens is 302 g/mol. The van der Waals surface area contributed by atoms with Gasteiger partial charge in [0, 0.05) is 23.7 Å². The van der Waals surface area contributed by atoms with Crippen LogP contribution >= 0.6 is 0 Å². The molecule has 1 saturated heterocycles. The zero-order chi connectivity index (χ0) is 16.9. The molecule has 1 aliphatic rings. The van der Waals surface area contributed by atoms with Gasteiger partial charge >= 0.3 is 0 Å². The summed E-state index contributed by atoms with van der Waals surface area (Å²) in [7, 11) is 0. The SMILES string of the molecule is Cc1nc(-c2ccc(NC(=O)C(C)CN3CCCCC3)cc2)n[nH]1. The number of likely N-dealkylation sites (tertiary alicyclic amines) is 1. The van der Waals surface area contributed by atoms with Crippen LogP contribution in [-0.2, 0) is 4.79 Å². The van der Waals surface area contributed by atoms with Gasteiger partial charge in [0.05, 0.1) is 0 Å². The second-order valence-corrected chi connectivity index (χ2v) is 6.57. The van der Waals surface area contributed by atoms with Gasteiger partial charge in [0.15, 0.2) is 5.82 Å². The highest BCUT2D eigenvalue weighted by molar-refractivity contribution is 5.92. The van der Waals surface area contributed by atoms with Crippen molar-refractivity contribution in [3.8, 4) is 11.4 Å². The van der Waals surface area contributed by atoms with Gasteiger partial charge in [-0.3, -0.25) is 9.89 Å². The van der Waals surface area contributed by atoms with Gasteiger partial charge in [0.2, 0.25) is 5.91 Å². The Balaban J connectivity index is 1.55. The molecule has 2 heterocycles. The van der Waals surface area contributed by atoms with Crippen molar-refractivity contribution < 1.29 is 4.79 Å². The molecule has 2 aromatic rings. The first-order valence-corrected chi connectivity index (χ1v) is 8.64. The Morgan fingerprint density at radius 3 is 2.58 bits per heavy atom. The van der Waals surface area contributed by atoms with E-state index in [1.165, 1.54) is 19.3 Å². The molecule has 3 rings (SSSR count). The van der Waals surface area contributed by atoms with Gasteiger partial charge in [0.25, 0.3) is 0 Å². The minimum atomic E-state index is -0.0153. The number of amides is 1. The molecule has 2 N–H and O–H groups in total. The minimum Gasteiger partial charge on any atom is -0.326 e. The molecule has 6 heteroatoms. The number of aryl methyl sites for hydroxylation is 1. The number of benzene rings is 1. The van der Waals surface area contributed by atoms with Crippen LogP contribution < -0.4 is 5.32 Å². The third kappa shape index (κ3) is 4.20. The number of rotatable bonds is 5. The van der Waals surface area contributed by atoms with E-state index in [1.807, 2.05) is 38.1 Å². The fourth-order valence-electron chi connectivity index (χ4n) is 3.05. The van der Waals surface area contributed by atoms with E-state index in [4.69, 9.17) is 0 Å². The Morgan fingerprint density at radius 1 is 1.25 bits per heavy atom. The molecule has 128 valence electrons. The average Bonchev–Trinajstić information content (AvgIpc) is 3.03. The number of hydrogen-bond acceptors (Lipinski definition) is 4. The lowest BCUT2D eigenvalue weighted by Gasteiger charge is -2.28. The quantitative estimate of drug-likeness (QED) is 0.885. The molecule has 0 saturated carbocycles. The molecule has 0 spiro atoms. The second-order valence-electron chi connectivity index (χ2n) is 6.57. The summed E-state index contributed by atoms with van der Waals surface area (Å²) in [5, 5.41) is 9.97. The van der Waals surface area contributed by atoms with E-state index in [9.17, 15) is 4.79 Å². The number of anilines is 1. The summed E-state index contributed by atoms with van der Waals surface area (Å²) in [5.41, 5.74) is 1.74. The number of carbonyl (C=O) groups is 1. The van der Waals surface area contributed by atoms with Crippen LogP contribution in [-0.4, -0.2) is 45.6 Å². The van der Waals surface area contributed by atoms with Crippen LogP contribution in [0.3, 0.4) is 0 Å². The fraction of sp³-hybridized carbons (Fsp3) is 0.500. The molecule has 24 heavy (non-hydrogen) atoms. The summed E-state index contributed by atoms with van der Waals surface area (Å²) in [6.45, 7) is 6.93. The smallest absolute Gasteiger partial charge is 0.228 e. The Hall–Kier alpha value is -2.21. The number of nitrogens with zero attached hydrogens (tertiary/aromatic N) is 3. The van der Waals surface area contributed by atoms with Gasteiger partial charge in [-0.1, -0.05) is 13.3 Å². The molecule has 1 aliphatic heterocycles. The highest BCUT2D eigenvalue weighted by Gasteiger charge is 2.18. The lowest BCUT2D eigenvalue weighted by atomic mass is 10.1. The predicted octanol–water partition coefficient (Wildman–Crippen LogP) is 2.84. The van der Waals surface area contributed by atoms with E-state index in [0.29, 0.717) is 5.82 Å². The Morgan fingerprint density at radius 2 is 1.96 bits per heavy atom. The molecule has 1 atom stereocenters. The highest BCUT2D eigenvalue weighted by atomic mass is 16.1. The zero-order valence-corrected chi connectivity index (χ0v) is 14.4. The molecule has 0 radical (unpaired) electrons. The van der Waals surface area contributed by atoms with Gasteiger partial charge in [-0.2, -0.15) is 5.10 Å². The maximum absolute atomic E-state index is 12.4. The van der Waals surface area contributed by atoms with E-state index in [1.54, 1.807) is 0 Å². The third-order valence-electron chi connectivity index (χ3n) is 4.44. The standard InChI is InChI=1S/C18H25N5O/c1-13(12-23-10-4-3-5-11-23)18(24)20-16-8-6-15(7-9-16)17-19-14(2)21-22-17/h6-9,13H,3-5,10-12H2,1-2H3,(H,20,24)(H,19,21,22). The molecule has 1 unspecified atom stereocenters. The fourth-order valence-corrected chi connectivity index (χ4v) is 3.05. The van der Waals surface area contributed by atoms with Crippen LogP contribution in [0.5, 0.6) is 0 Å². The number of nitrogens with one attached hydrogen (secondary N) is 2. The average molecular weight is 327 g/mol. The minimum absolute atomic E-state index is 0.0153. The molecule has 0 bridgehead atoms. The Kier molecular flexibility index (Phi) is 5.25. The number of carbonyl (C=O) groups excluding carboxylic acids is 1. The van der Waals surface area contributed by atoms with Crippen molar-refractivity contribution in [2.45, 2.75) is 33.1 Å². The predicted molar refractivity (Wildman–Crippen MR) is 94.6 cm³/mol. The topological polar surface area (TPSA) is 73.9 Å². The number of aromatic nitrogens is 3. The summed E-state index contributed by atoms with van der Waals surface area (Å²) in [6.07, 6.45) is 3.81. The van der Waals surface area contributed by atoms with Crippen molar-refractivity contribution in [3.63, 3.8) is 0 Å². The van der Waals surface area contributed by atoms with Crippen molar-refractivity contribution in [2.75, 3.05) is 25.0 Å². The first-order chi connectivity index (χ1) is 11.6. The Bertz CT molecular complexity index is 673. The largest absolute Gasteiger partial charge is 0.326 e. The summed E-state index contributed by atoms with van der Waals surface area (Å²) in [4.78, 5) is 19.1. The van der Waals surface area contributed by atoms with Gasteiger partial charge in [-0.15, -0.1) is 0 Å². The first kappa shape index (κ1) is 16.6. The molecule has 0 aliphatic carbocycles. The monoisotopic (exact) mass is 327 g/mol. The highest BCUT2D eigenvalue weighted by Crippen LogP contribution is 2.19. The summed E-state index contributed by atoms with van der Waals surface area (Å²) in [5.74, 6) is 1.51. The van der Waals surface area contributed by atoms with Gasteiger partial charge in [0.1, 0.15) is 5.82 Å².